The molecule has 4 rings (SSSR count). The number of nitrogens with zero attached hydrogens (tertiary/aromatic N) is 2. The predicted octanol–water partition coefficient (Wildman–Crippen LogP) is 4.22. The van der Waals surface area contributed by atoms with Gasteiger partial charge < -0.3 is 9.47 Å². The van der Waals surface area contributed by atoms with Crippen LogP contribution in [0.25, 0.3) is 10.9 Å². The predicted molar refractivity (Wildman–Crippen MR) is 96.9 cm³/mol. The summed E-state index contributed by atoms with van der Waals surface area (Å²) in [5.74, 6) is 0.117. The van der Waals surface area contributed by atoms with Crippen LogP contribution in [0.1, 0.15) is 18.1 Å². The van der Waals surface area contributed by atoms with Gasteiger partial charge in [-0.2, -0.15) is 0 Å². The first-order valence-electron chi connectivity index (χ1n) is 7.57. The molecule has 2 aromatic carbocycles. The van der Waals surface area contributed by atoms with Gasteiger partial charge in [0.25, 0.3) is 0 Å². The quantitative estimate of drug-likeness (QED) is 0.631. The maximum absolute atomic E-state index is 13.1. The van der Waals surface area contributed by atoms with E-state index in [-0.39, 0.29) is 5.91 Å². The Morgan fingerprint density at radius 1 is 1.04 bits per heavy atom. The normalized spacial score (nSPS) is 20.3. The number of likely N-dealkylation sites (N-methyl/N-ethyl adjacent to an activating group) is 1. The maximum atomic E-state index is 13.1. The van der Waals surface area contributed by atoms with Gasteiger partial charge in [0.2, 0.25) is 5.91 Å². The molecule has 1 amide bonds. The van der Waals surface area contributed by atoms with E-state index < -0.39 is 5.41 Å². The van der Waals surface area contributed by atoms with Gasteiger partial charge in [-0.05, 0) is 42.3 Å². The average Bonchev–Trinajstić information content (AvgIpc) is 2.97. The fraction of sp³-hybridized carbons (Fsp3) is 0.211. The monoisotopic (exact) mass is 368 g/mol. The summed E-state index contributed by atoms with van der Waals surface area (Å²) < 4.78 is 3.12. The van der Waals surface area contributed by atoms with Gasteiger partial charge >= 0.3 is 0 Å². The van der Waals surface area contributed by atoms with Crippen LogP contribution in [0.2, 0.25) is 0 Å². The lowest BCUT2D eigenvalue weighted by Crippen LogP contribution is -2.36. The Morgan fingerprint density at radius 3 is 2.57 bits per heavy atom. The minimum absolute atomic E-state index is 0.117. The van der Waals surface area contributed by atoms with Gasteiger partial charge in [0, 0.05) is 41.4 Å². The Balaban J connectivity index is 2.08. The lowest BCUT2D eigenvalue weighted by atomic mass is 9.77. The number of rotatable bonds is 1. The van der Waals surface area contributed by atoms with Crippen molar-refractivity contribution in [2.24, 2.45) is 7.05 Å². The molecule has 1 unspecified atom stereocenters. The Hall–Kier alpha value is -2.07. The number of carbonyl (C=O) groups is 1. The third-order valence-electron chi connectivity index (χ3n) is 5.03. The molecule has 1 aliphatic heterocycles. The first kappa shape index (κ1) is 14.5. The van der Waals surface area contributed by atoms with Crippen molar-refractivity contribution in [1.82, 2.24) is 4.57 Å². The summed E-state index contributed by atoms with van der Waals surface area (Å²) in [6.07, 6.45) is 2.09. The topological polar surface area (TPSA) is 25.2 Å². The molecule has 116 valence electrons. The minimum atomic E-state index is -0.661. The fourth-order valence-electron chi connectivity index (χ4n) is 3.77. The number of para-hydroxylation sites is 1. The minimum Gasteiger partial charge on any atom is -0.350 e. The second-order valence-electron chi connectivity index (χ2n) is 6.32. The highest BCUT2D eigenvalue weighted by molar-refractivity contribution is 9.10. The molecule has 0 saturated heterocycles. The Morgan fingerprint density at radius 2 is 1.78 bits per heavy atom. The number of amides is 1. The molecule has 0 N–H and O–H groups in total. The summed E-state index contributed by atoms with van der Waals surface area (Å²) in [6, 6.07) is 14.3. The molecule has 0 aliphatic carbocycles. The molecule has 0 radical (unpaired) electrons. The second-order valence-corrected chi connectivity index (χ2v) is 7.24. The summed E-state index contributed by atoms with van der Waals surface area (Å²) in [4.78, 5) is 14.9. The molecule has 1 atom stereocenters. The molecule has 3 nitrogen and oxygen atoms in total. The van der Waals surface area contributed by atoms with Gasteiger partial charge in [0.1, 0.15) is 5.41 Å². The lowest BCUT2D eigenvalue weighted by molar-refractivity contribution is -0.121. The first-order chi connectivity index (χ1) is 10.9. The third-order valence-corrected chi connectivity index (χ3v) is 5.52. The molecule has 23 heavy (non-hydrogen) atoms. The van der Waals surface area contributed by atoms with Crippen LogP contribution in [0.15, 0.2) is 53.1 Å². The number of fused-ring (bicyclic) bond motifs is 2. The number of hydrogen-bond donors (Lipinski definition) is 0. The van der Waals surface area contributed by atoms with Gasteiger partial charge in [0.15, 0.2) is 0 Å². The molecule has 1 aliphatic rings. The van der Waals surface area contributed by atoms with Gasteiger partial charge in [-0.3, -0.25) is 4.79 Å². The maximum Gasteiger partial charge on any atom is 0.241 e. The Kier molecular flexibility index (Phi) is 2.97. The van der Waals surface area contributed by atoms with Crippen molar-refractivity contribution in [3.05, 3.63) is 64.3 Å². The molecule has 4 heteroatoms. The van der Waals surface area contributed by atoms with Crippen LogP contribution in [-0.4, -0.2) is 17.5 Å². The van der Waals surface area contributed by atoms with Crippen LogP contribution in [0.4, 0.5) is 5.69 Å². The third kappa shape index (κ3) is 1.78. The zero-order valence-electron chi connectivity index (χ0n) is 13.3. The fourth-order valence-corrected chi connectivity index (χ4v) is 4.13. The van der Waals surface area contributed by atoms with Crippen molar-refractivity contribution >= 4 is 38.4 Å². The van der Waals surface area contributed by atoms with Crippen LogP contribution >= 0.6 is 15.9 Å². The van der Waals surface area contributed by atoms with Crippen molar-refractivity contribution in [2.75, 3.05) is 11.9 Å². The number of benzene rings is 2. The lowest BCUT2D eigenvalue weighted by Gasteiger charge is -2.23. The Bertz CT molecular complexity index is 959. The van der Waals surface area contributed by atoms with Crippen LogP contribution in [0.3, 0.4) is 0 Å². The standard InChI is InChI=1S/C19H17BrN2O/c1-19(14-6-4-5-7-17(14)22(3)18(19)23)15-11-21(2)16-9-8-12(20)10-13(15)16/h4-11H,1-3H3. The summed E-state index contributed by atoms with van der Waals surface area (Å²) in [7, 11) is 3.88. The summed E-state index contributed by atoms with van der Waals surface area (Å²) in [5.41, 5.74) is 3.58. The molecular weight excluding hydrogens is 352 g/mol. The van der Waals surface area contributed by atoms with Gasteiger partial charge in [-0.15, -0.1) is 0 Å². The van der Waals surface area contributed by atoms with Gasteiger partial charge in [0.05, 0.1) is 0 Å². The van der Waals surface area contributed by atoms with Gasteiger partial charge in [-0.1, -0.05) is 34.1 Å². The number of aryl methyl sites for hydroxylation is 1. The van der Waals surface area contributed by atoms with E-state index in [2.05, 4.69) is 44.9 Å². The van der Waals surface area contributed by atoms with E-state index in [1.54, 1.807) is 4.90 Å². The number of hydrogen-bond acceptors (Lipinski definition) is 1. The van der Waals surface area contributed by atoms with E-state index in [0.717, 1.165) is 32.2 Å². The van der Waals surface area contributed by atoms with Crippen molar-refractivity contribution in [3.63, 3.8) is 0 Å². The molecule has 0 saturated carbocycles. The molecular formula is C19H17BrN2O. The smallest absolute Gasteiger partial charge is 0.241 e. The average molecular weight is 369 g/mol. The van der Waals surface area contributed by atoms with Gasteiger partial charge in [-0.25, -0.2) is 0 Å². The molecule has 0 spiro atoms. The molecule has 3 aromatic rings. The number of carbonyl (C=O) groups excluding carboxylic acids is 1. The largest absolute Gasteiger partial charge is 0.350 e. The van der Waals surface area contributed by atoms with E-state index in [1.807, 2.05) is 45.3 Å². The summed E-state index contributed by atoms with van der Waals surface area (Å²) in [5, 5.41) is 1.11. The summed E-state index contributed by atoms with van der Waals surface area (Å²) in [6.45, 7) is 2.04. The zero-order valence-corrected chi connectivity index (χ0v) is 14.9. The van der Waals surface area contributed by atoms with Crippen LogP contribution < -0.4 is 4.90 Å². The highest BCUT2D eigenvalue weighted by Crippen LogP contribution is 2.47. The number of aromatic nitrogens is 1. The first-order valence-corrected chi connectivity index (χ1v) is 8.36. The van der Waals surface area contributed by atoms with Crippen LogP contribution in [0, 0.1) is 0 Å². The van der Waals surface area contributed by atoms with Crippen LogP contribution in [0.5, 0.6) is 0 Å². The van der Waals surface area contributed by atoms with Crippen molar-refractivity contribution in [1.29, 1.82) is 0 Å². The SMILES string of the molecule is CN1C(=O)C(C)(c2cn(C)c3ccc(Br)cc23)c2ccccc21. The molecule has 1 aromatic heterocycles. The van der Waals surface area contributed by atoms with E-state index in [4.69, 9.17) is 0 Å². The number of halogens is 1. The molecule has 0 fully saturated rings. The van der Waals surface area contributed by atoms with E-state index in [0.29, 0.717) is 0 Å². The van der Waals surface area contributed by atoms with E-state index in [9.17, 15) is 4.79 Å². The summed E-state index contributed by atoms with van der Waals surface area (Å²) >= 11 is 3.56. The van der Waals surface area contributed by atoms with Crippen molar-refractivity contribution < 1.29 is 4.79 Å². The Labute approximate surface area is 143 Å². The van der Waals surface area contributed by atoms with E-state index >= 15 is 0 Å². The number of anilines is 1. The van der Waals surface area contributed by atoms with Crippen molar-refractivity contribution in [3.8, 4) is 0 Å². The zero-order chi connectivity index (χ0) is 16.4. The molecule has 2 heterocycles. The second kappa shape index (κ2) is 4.71. The van der Waals surface area contributed by atoms with E-state index in [1.165, 1.54) is 0 Å². The highest BCUT2D eigenvalue weighted by Gasteiger charge is 2.48. The van der Waals surface area contributed by atoms with Crippen LogP contribution in [-0.2, 0) is 17.3 Å². The highest BCUT2D eigenvalue weighted by atomic mass is 79.9. The van der Waals surface area contributed by atoms with Crippen molar-refractivity contribution in [2.45, 2.75) is 12.3 Å². The molecule has 0 bridgehead atoms.